The number of carbonyl (C=O) groups is 1. The Bertz CT molecular complexity index is 587. The first-order chi connectivity index (χ1) is 10.2. The molecule has 1 heterocycles. The maximum atomic E-state index is 12.4. The van der Waals surface area contributed by atoms with E-state index in [1.807, 2.05) is 0 Å². The molecule has 1 aliphatic heterocycles. The molecule has 2 nitrogen and oxygen atoms in total. The summed E-state index contributed by atoms with van der Waals surface area (Å²) >= 11 is 0. The fourth-order valence-electron chi connectivity index (χ4n) is 7.75. The van der Waals surface area contributed by atoms with Gasteiger partial charge in [-0.2, -0.15) is 0 Å². The Balaban J connectivity index is 2.06. The molecular weight excluding hydrogens is 272 g/mol. The van der Waals surface area contributed by atoms with Gasteiger partial charge in [0.05, 0.1) is 6.42 Å². The van der Waals surface area contributed by atoms with Gasteiger partial charge in [0, 0.05) is 5.41 Å². The molecule has 122 valence electrons. The van der Waals surface area contributed by atoms with Gasteiger partial charge in [0.1, 0.15) is 5.76 Å². The molecule has 0 aromatic heterocycles. The van der Waals surface area contributed by atoms with Gasteiger partial charge >= 0.3 is 5.97 Å². The van der Waals surface area contributed by atoms with E-state index in [0.29, 0.717) is 23.2 Å². The van der Waals surface area contributed by atoms with Crippen molar-refractivity contribution in [3.05, 3.63) is 11.3 Å². The van der Waals surface area contributed by atoms with E-state index >= 15 is 0 Å². The standard InChI is InChI=1S/C20H30O2/c1-13-7-6-9-18(4)10-8-14-17(2,3)12-19(5)11-15(21)22-16(13)20(14,18)19/h14H,6-12H2,1-5H3/t14-,18+,19-,20?/m1/s1. The normalized spacial score (nSPS) is 49.5. The second-order valence-electron chi connectivity index (χ2n) is 9.80. The molecule has 0 amide bonds. The van der Waals surface area contributed by atoms with Crippen molar-refractivity contribution in [1.29, 1.82) is 0 Å². The zero-order valence-corrected chi connectivity index (χ0v) is 14.8. The smallest absolute Gasteiger partial charge is 0.311 e. The van der Waals surface area contributed by atoms with E-state index in [-0.39, 0.29) is 16.8 Å². The third-order valence-corrected chi connectivity index (χ3v) is 7.98. The minimum absolute atomic E-state index is 0.00933. The molecule has 22 heavy (non-hydrogen) atoms. The maximum absolute atomic E-state index is 12.4. The lowest BCUT2D eigenvalue weighted by molar-refractivity contribution is -0.165. The number of rotatable bonds is 0. The molecule has 0 bridgehead atoms. The molecule has 4 atom stereocenters. The van der Waals surface area contributed by atoms with Crippen LogP contribution in [0.15, 0.2) is 11.3 Å². The number of hydrogen-bond acceptors (Lipinski definition) is 2. The van der Waals surface area contributed by atoms with E-state index in [1.54, 1.807) is 0 Å². The van der Waals surface area contributed by atoms with Crippen LogP contribution in [0.1, 0.15) is 79.6 Å². The van der Waals surface area contributed by atoms with Gasteiger partial charge in [0.2, 0.25) is 0 Å². The van der Waals surface area contributed by atoms with Gasteiger partial charge < -0.3 is 4.74 Å². The fourth-order valence-corrected chi connectivity index (χ4v) is 7.75. The largest absolute Gasteiger partial charge is 0.430 e. The highest BCUT2D eigenvalue weighted by Crippen LogP contribution is 2.82. The van der Waals surface area contributed by atoms with Gasteiger partial charge in [-0.15, -0.1) is 0 Å². The first-order valence-electron chi connectivity index (χ1n) is 9.07. The van der Waals surface area contributed by atoms with Crippen LogP contribution in [0.4, 0.5) is 0 Å². The summed E-state index contributed by atoms with van der Waals surface area (Å²) in [4.78, 5) is 12.4. The predicted octanol–water partition coefficient (Wildman–Crippen LogP) is 5.23. The van der Waals surface area contributed by atoms with E-state index in [1.165, 1.54) is 31.3 Å². The fraction of sp³-hybridized carbons (Fsp3) is 0.850. The van der Waals surface area contributed by atoms with Crippen molar-refractivity contribution >= 4 is 5.97 Å². The van der Waals surface area contributed by atoms with Crippen molar-refractivity contribution in [2.45, 2.75) is 79.6 Å². The monoisotopic (exact) mass is 302 g/mol. The van der Waals surface area contributed by atoms with Crippen LogP contribution in [0.5, 0.6) is 0 Å². The van der Waals surface area contributed by atoms with Crippen molar-refractivity contribution in [1.82, 2.24) is 0 Å². The Labute approximate surface area is 134 Å². The highest BCUT2D eigenvalue weighted by Gasteiger charge is 2.77. The first-order valence-corrected chi connectivity index (χ1v) is 9.07. The molecule has 0 aromatic carbocycles. The summed E-state index contributed by atoms with van der Waals surface area (Å²) < 4.78 is 6.03. The Hall–Kier alpha value is -0.790. The van der Waals surface area contributed by atoms with E-state index in [2.05, 4.69) is 34.6 Å². The zero-order valence-electron chi connectivity index (χ0n) is 14.8. The van der Waals surface area contributed by atoms with E-state index < -0.39 is 0 Å². The lowest BCUT2D eigenvalue weighted by Gasteiger charge is -2.56. The molecule has 3 aliphatic carbocycles. The van der Waals surface area contributed by atoms with Gasteiger partial charge in [-0.1, -0.05) is 27.7 Å². The van der Waals surface area contributed by atoms with Gasteiger partial charge in [-0.05, 0) is 73.2 Å². The molecule has 0 N–H and O–H groups in total. The van der Waals surface area contributed by atoms with Crippen LogP contribution in [0.3, 0.4) is 0 Å². The predicted molar refractivity (Wildman–Crippen MR) is 87.0 cm³/mol. The first kappa shape index (κ1) is 14.8. The molecule has 4 aliphatic rings. The van der Waals surface area contributed by atoms with Crippen LogP contribution >= 0.6 is 0 Å². The van der Waals surface area contributed by atoms with E-state index in [9.17, 15) is 4.79 Å². The number of carbonyl (C=O) groups excluding carboxylic acids is 1. The number of allylic oxidation sites excluding steroid dienone is 2. The minimum atomic E-state index is 0.00933. The zero-order chi connectivity index (χ0) is 16.0. The van der Waals surface area contributed by atoms with Gasteiger partial charge in [0.15, 0.2) is 0 Å². The van der Waals surface area contributed by atoms with Gasteiger partial charge in [0.25, 0.3) is 0 Å². The summed E-state index contributed by atoms with van der Waals surface area (Å²) in [6.45, 7) is 12.0. The van der Waals surface area contributed by atoms with Crippen molar-refractivity contribution in [2.75, 3.05) is 0 Å². The van der Waals surface area contributed by atoms with Gasteiger partial charge in [-0.3, -0.25) is 4.79 Å². The third kappa shape index (κ3) is 1.41. The average Bonchev–Trinajstić information content (AvgIpc) is 2.74. The second-order valence-corrected chi connectivity index (χ2v) is 9.80. The molecular formula is C20H30O2. The maximum Gasteiger partial charge on any atom is 0.311 e. The van der Waals surface area contributed by atoms with Crippen molar-refractivity contribution in [2.24, 2.45) is 27.6 Å². The van der Waals surface area contributed by atoms with Crippen molar-refractivity contribution in [3.63, 3.8) is 0 Å². The Morgan fingerprint density at radius 3 is 2.55 bits per heavy atom. The quantitative estimate of drug-likeness (QED) is 0.573. The topological polar surface area (TPSA) is 26.3 Å². The summed E-state index contributed by atoms with van der Waals surface area (Å²) in [5.41, 5.74) is 2.12. The Kier molecular flexibility index (Phi) is 2.68. The Morgan fingerprint density at radius 2 is 1.82 bits per heavy atom. The van der Waals surface area contributed by atoms with E-state index in [0.717, 1.165) is 18.6 Å². The van der Waals surface area contributed by atoms with E-state index in [4.69, 9.17) is 4.74 Å². The SMILES string of the molecule is CC1=C2OC(=O)C[C@]3(C)CC(C)(C)[C@H]4CC[C@](C)(CCC1)C243. The van der Waals surface area contributed by atoms with Gasteiger partial charge in [-0.25, -0.2) is 0 Å². The highest BCUT2D eigenvalue weighted by molar-refractivity contribution is 5.74. The molecule has 1 spiro atoms. The molecule has 3 fully saturated rings. The Morgan fingerprint density at radius 1 is 1.09 bits per heavy atom. The second kappa shape index (κ2) is 3.99. The van der Waals surface area contributed by atoms with Crippen LogP contribution in [0, 0.1) is 27.6 Å². The molecule has 4 rings (SSSR count). The summed E-state index contributed by atoms with van der Waals surface area (Å²) in [5, 5.41) is 0. The summed E-state index contributed by atoms with van der Waals surface area (Å²) in [7, 11) is 0. The number of hydrogen-bond donors (Lipinski definition) is 0. The molecule has 1 saturated heterocycles. The lowest BCUT2D eigenvalue weighted by Crippen LogP contribution is -2.54. The third-order valence-electron chi connectivity index (χ3n) is 7.98. The van der Waals surface area contributed by atoms with Crippen LogP contribution in [0.2, 0.25) is 0 Å². The van der Waals surface area contributed by atoms with Crippen molar-refractivity contribution < 1.29 is 9.53 Å². The number of ether oxygens (including phenoxy) is 1. The average molecular weight is 302 g/mol. The molecule has 0 aromatic rings. The lowest BCUT2D eigenvalue weighted by atomic mass is 9.50. The summed E-state index contributed by atoms with van der Waals surface area (Å²) in [5.74, 6) is 1.78. The van der Waals surface area contributed by atoms with Crippen LogP contribution < -0.4 is 0 Å². The van der Waals surface area contributed by atoms with Crippen LogP contribution in [0.25, 0.3) is 0 Å². The van der Waals surface area contributed by atoms with Crippen LogP contribution in [-0.4, -0.2) is 5.97 Å². The summed E-state index contributed by atoms with van der Waals surface area (Å²) in [6, 6.07) is 0. The highest BCUT2D eigenvalue weighted by atomic mass is 16.5. The summed E-state index contributed by atoms with van der Waals surface area (Å²) in [6.07, 6.45) is 8.00. The minimum Gasteiger partial charge on any atom is -0.430 e. The molecule has 0 radical (unpaired) electrons. The van der Waals surface area contributed by atoms with Crippen molar-refractivity contribution in [3.8, 4) is 0 Å². The number of esters is 1. The van der Waals surface area contributed by atoms with Crippen LogP contribution in [-0.2, 0) is 9.53 Å². The molecule has 2 heteroatoms. The molecule has 1 unspecified atom stereocenters. The molecule has 2 saturated carbocycles.